The van der Waals surface area contributed by atoms with Gasteiger partial charge in [-0.2, -0.15) is 0 Å². The van der Waals surface area contributed by atoms with E-state index in [4.69, 9.17) is 11.6 Å². The molecule has 0 atom stereocenters. The smallest absolute Gasteiger partial charge is 0.163 e. The van der Waals surface area contributed by atoms with E-state index in [0.717, 1.165) is 0 Å². The highest BCUT2D eigenvalue weighted by Gasteiger charge is 2.20. The quantitative estimate of drug-likeness (QED) is 0.793. The third-order valence-corrected chi connectivity index (χ3v) is 3.20. The second-order valence-corrected chi connectivity index (χ2v) is 6.07. The van der Waals surface area contributed by atoms with E-state index in [2.05, 4.69) is 0 Å². The molecule has 0 aliphatic heterocycles. The minimum atomic E-state index is -0.826. The van der Waals surface area contributed by atoms with Crippen LogP contribution in [0.5, 0.6) is 5.75 Å². The molecule has 0 saturated carbocycles. The molecule has 4 nitrogen and oxygen atoms in total. The van der Waals surface area contributed by atoms with Crippen molar-refractivity contribution in [2.24, 2.45) is 0 Å². The lowest BCUT2D eigenvalue weighted by Crippen LogP contribution is -2.38. The highest BCUT2D eigenvalue weighted by atomic mass is 35.5. The number of phenols is 1. The summed E-state index contributed by atoms with van der Waals surface area (Å²) in [6, 6.07) is 3.12. The Balaban J connectivity index is 3.04. The molecule has 0 saturated heterocycles. The summed E-state index contributed by atoms with van der Waals surface area (Å²) in [5.74, 6) is -0.257. The molecule has 112 valence electrons. The van der Waals surface area contributed by atoms with E-state index >= 15 is 0 Å². The molecular formula is C15H22ClNO3. The largest absolute Gasteiger partial charge is 0.507 e. The van der Waals surface area contributed by atoms with Gasteiger partial charge in [-0.1, -0.05) is 18.5 Å². The van der Waals surface area contributed by atoms with Crippen molar-refractivity contribution < 1.29 is 15.0 Å². The molecule has 0 aliphatic rings. The predicted molar refractivity (Wildman–Crippen MR) is 80.4 cm³/mol. The van der Waals surface area contributed by atoms with Crippen LogP contribution in [0.3, 0.4) is 0 Å². The number of likely N-dealkylation sites (N-methyl/N-ethyl adjacent to an activating group) is 1. The van der Waals surface area contributed by atoms with Crippen LogP contribution in [-0.2, 0) is 6.54 Å². The van der Waals surface area contributed by atoms with E-state index in [9.17, 15) is 15.0 Å². The molecule has 0 fully saturated rings. The molecule has 0 heterocycles. The molecule has 0 radical (unpaired) electrons. The first-order chi connectivity index (χ1) is 9.14. The standard InChI is InChI=1S/C15H22ClNO3/c1-5-17(9-15(3,4)20)8-11-6-12(16)7-13(10(2)18)14(11)19/h6-7,19-20H,5,8-9H2,1-4H3. The van der Waals surface area contributed by atoms with Crippen LogP contribution >= 0.6 is 11.6 Å². The van der Waals surface area contributed by atoms with Gasteiger partial charge in [-0.25, -0.2) is 0 Å². The summed E-state index contributed by atoms with van der Waals surface area (Å²) in [5.41, 5.74) is -0.00577. The Kier molecular flexibility index (Phi) is 5.57. The summed E-state index contributed by atoms with van der Waals surface area (Å²) in [4.78, 5) is 13.5. The average Bonchev–Trinajstić information content (AvgIpc) is 2.30. The summed E-state index contributed by atoms with van der Waals surface area (Å²) in [7, 11) is 0. The second kappa shape index (κ2) is 6.57. The summed E-state index contributed by atoms with van der Waals surface area (Å²) in [6.45, 7) is 8.43. The van der Waals surface area contributed by atoms with Crippen molar-refractivity contribution in [3.05, 3.63) is 28.3 Å². The summed E-state index contributed by atoms with van der Waals surface area (Å²) in [5, 5.41) is 20.5. The number of nitrogens with zero attached hydrogens (tertiary/aromatic N) is 1. The number of aliphatic hydroxyl groups is 1. The topological polar surface area (TPSA) is 60.8 Å². The van der Waals surface area contributed by atoms with Gasteiger partial charge in [0.2, 0.25) is 0 Å². The average molecular weight is 300 g/mol. The van der Waals surface area contributed by atoms with E-state index in [0.29, 0.717) is 30.2 Å². The van der Waals surface area contributed by atoms with Crippen molar-refractivity contribution in [2.75, 3.05) is 13.1 Å². The van der Waals surface area contributed by atoms with Crippen LogP contribution in [0.1, 0.15) is 43.6 Å². The van der Waals surface area contributed by atoms with Gasteiger partial charge < -0.3 is 10.2 Å². The molecule has 0 amide bonds. The predicted octanol–water partition coefficient (Wildman–Crippen LogP) is 2.84. The summed E-state index contributed by atoms with van der Waals surface area (Å²) >= 11 is 5.99. The highest BCUT2D eigenvalue weighted by Crippen LogP contribution is 2.29. The van der Waals surface area contributed by atoms with E-state index in [1.54, 1.807) is 19.9 Å². The third kappa shape index (κ3) is 4.78. The number of Topliss-reactive ketones (excluding diaryl/α,β-unsaturated/α-hetero) is 1. The number of halogens is 1. The van der Waals surface area contributed by atoms with Gasteiger partial charge in [0.1, 0.15) is 5.75 Å². The van der Waals surface area contributed by atoms with Crippen molar-refractivity contribution in [1.29, 1.82) is 0 Å². The van der Waals surface area contributed by atoms with Crippen LogP contribution in [0.2, 0.25) is 5.02 Å². The monoisotopic (exact) mass is 299 g/mol. The van der Waals surface area contributed by atoms with Crippen molar-refractivity contribution in [3.63, 3.8) is 0 Å². The van der Waals surface area contributed by atoms with Gasteiger partial charge in [-0.05, 0) is 39.4 Å². The van der Waals surface area contributed by atoms with Crippen LogP contribution in [0.15, 0.2) is 12.1 Å². The highest BCUT2D eigenvalue weighted by molar-refractivity contribution is 6.31. The van der Waals surface area contributed by atoms with Gasteiger partial charge in [0.25, 0.3) is 0 Å². The number of rotatable bonds is 6. The fraction of sp³-hybridized carbons (Fsp3) is 0.533. The van der Waals surface area contributed by atoms with E-state index < -0.39 is 5.60 Å². The fourth-order valence-corrected chi connectivity index (χ4v) is 2.35. The minimum Gasteiger partial charge on any atom is -0.507 e. The van der Waals surface area contributed by atoms with Gasteiger partial charge in [0, 0.05) is 23.7 Å². The number of aromatic hydroxyl groups is 1. The molecule has 1 rings (SSSR count). The lowest BCUT2D eigenvalue weighted by Gasteiger charge is -2.28. The van der Waals surface area contributed by atoms with Gasteiger partial charge in [-0.15, -0.1) is 0 Å². The molecular weight excluding hydrogens is 278 g/mol. The van der Waals surface area contributed by atoms with E-state index in [1.165, 1.54) is 13.0 Å². The Labute approximate surface area is 125 Å². The summed E-state index contributed by atoms with van der Waals surface area (Å²) in [6.07, 6.45) is 0. The van der Waals surface area contributed by atoms with Crippen molar-refractivity contribution >= 4 is 17.4 Å². The molecule has 0 spiro atoms. The molecule has 0 bridgehead atoms. The Morgan fingerprint density at radius 2 is 2.00 bits per heavy atom. The molecule has 0 aliphatic carbocycles. The number of carbonyl (C=O) groups is 1. The van der Waals surface area contributed by atoms with E-state index in [-0.39, 0.29) is 17.1 Å². The SMILES string of the molecule is CCN(Cc1cc(Cl)cc(C(C)=O)c1O)CC(C)(C)O. The van der Waals surface area contributed by atoms with Crippen LogP contribution in [0, 0.1) is 0 Å². The van der Waals surface area contributed by atoms with E-state index in [1.807, 2.05) is 11.8 Å². The molecule has 20 heavy (non-hydrogen) atoms. The number of carbonyl (C=O) groups excluding carboxylic acids is 1. The van der Waals surface area contributed by atoms with Crippen molar-refractivity contribution in [3.8, 4) is 5.75 Å². The van der Waals surface area contributed by atoms with Gasteiger partial charge in [0.05, 0.1) is 11.2 Å². The molecule has 1 aromatic carbocycles. The number of benzene rings is 1. The zero-order chi connectivity index (χ0) is 15.5. The number of hydrogen-bond acceptors (Lipinski definition) is 4. The zero-order valence-corrected chi connectivity index (χ0v) is 13.2. The number of ketones is 1. The third-order valence-electron chi connectivity index (χ3n) is 2.98. The first-order valence-electron chi connectivity index (χ1n) is 6.61. The van der Waals surface area contributed by atoms with Gasteiger partial charge in [0.15, 0.2) is 5.78 Å². The second-order valence-electron chi connectivity index (χ2n) is 5.63. The maximum atomic E-state index is 11.5. The van der Waals surface area contributed by atoms with Crippen LogP contribution < -0.4 is 0 Å². The number of phenolic OH excluding ortho intramolecular Hbond substituents is 1. The maximum absolute atomic E-state index is 11.5. The Bertz CT molecular complexity index is 495. The Morgan fingerprint density at radius 1 is 1.40 bits per heavy atom. The Morgan fingerprint density at radius 3 is 2.45 bits per heavy atom. The minimum absolute atomic E-state index is 0.0314. The lowest BCUT2D eigenvalue weighted by atomic mass is 10.0. The molecule has 2 N–H and O–H groups in total. The van der Waals surface area contributed by atoms with Crippen LogP contribution in [0.4, 0.5) is 0 Å². The maximum Gasteiger partial charge on any atom is 0.163 e. The molecule has 1 aromatic rings. The van der Waals surface area contributed by atoms with Crippen LogP contribution in [0.25, 0.3) is 0 Å². The van der Waals surface area contributed by atoms with Crippen molar-refractivity contribution in [2.45, 2.75) is 39.8 Å². The fourth-order valence-electron chi connectivity index (χ4n) is 2.11. The summed E-state index contributed by atoms with van der Waals surface area (Å²) < 4.78 is 0. The van der Waals surface area contributed by atoms with Crippen molar-refractivity contribution in [1.82, 2.24) is 4.90 Å². The van der Waals surface area contributed by atoms with Gasteiger partial charge >= 0.3 is 0 Å². The first-order valence-corrected chi connectivity index (χ1v) is 6.99. The molecule has 0 aromatic heterocycles. The number of hydrogen-bond donors (Lipinski definition) is 2. The van der Waals surface area contributed by atoms with Crippen LogP contribution in [-0.4, -0.2) is 39.6 Å². The molecule has 0 unspecified atom stereocenters. The molecule has 5 heteroatoms. The van der Waals surface area contributed by atoms with Gasteiger partial charge in [-0.3, -0.25) is 9.69 Å². The normalized spacial score (nSPS) is 11.9. The first kappa shape index (κ1) is 17.0. The lowest BCUT2D eigenvalue weighted by molar-refractivity contribution is 0.0351. The zero-order valence-electron chi connectivity index (χ0n) is 12.4. The Hall–Kier alpha value is -1.10.